The van der Waals surface area contributed by atoms with Crippen molar-refractivity contribution in [2.75, 3.05) is 11.9 Å². The zero-order valence-corrected chi connectivity index (χ0v) is 13.2. The highest BCUT2D eigenvalue weighted by Crippen LogP contribution is 2.29. The van der Waals surface area contributed by atoms with Crippen LogP contribution in [0.1, 0.15) is 17.3 Å². The van der Waals surface area contributed by atoms with Crippen LogP contribution in [0.4, 0.5) is 11.4 Å². The van der Waals surface area contributed by atoms with Gasteiger partial charge in [0.25, 0.3) is 11.6 Å². The van der Waals surface area contributed by atoms with Gasteiger partial charge in [0.05, 0.1) is 23.2 Å². The first-order valence-corrected chi connectivity index (χ1v) is 7.13. The lowest BCUT2D eigenvalue weighted by molar-refractivity contribution is -0.384. The Labute approximate surface area is 134 Å². The van der Waals surface area contributed by atoms with Crippen LogP contribution in [0.25, 0.3) is 0 Å². The second-order valence-corrected chi connectivity index (χ2v) is 5.13. The van der Waals surface area contributed by atoms with E-state index in [1.165, 1.54) is 24.5 Å². The number of carbonyl (C=O) groups is 1. The van der Waals surface area contributed by atoms with Crippen LogP contribution in [0, 0.1) is 10.1 Å². The van der Waals surface area contributed by atoms with Gasteiger partial charge in [0.15, 0.2) is 0 Å². The van der Waals surface area contributed by atoms with Gasteiger partial charge >= 0.3 is 0 Å². The molecule has 1 N–H and O–H groups in total. The molecule has 114 valence electrons. The van der Waals surface area contributed by atoms with E-state index in [1.54, 1.807) is 19.1 Å². The average molecular weight is 366 g/mol. The second-order valence-electron chi connectivity index (χ2n) is 4.22. The van der Waals surface area contributed by atoms with E-state index in [4.69, 9.17) is 4.74 Å². The number of amides is 1. The Balaban J connectivity index is 2.28. The highest BCUT2D eigenvalue weighted by molar-refractivity contribution is 9.10. The van der Waals surface area contributed by atoms with Crippen molar-refractivity contribution in [1.82, 2.24) is 4.98 Å². The van der Waals surface area contributed by atoms with Crippen molar-refractivity contribution in [3.05, 3.63) is 56.8 Å². The molecule has 0 spiro atoms. The molecule has 1 aromatic heterocycles. The third kappa shape index (κ3) is 3.79. The van der Waals surface area contributed by atoms with Gasteiger partial charge in [-0.1, -0.05) is 0 Å². The molecule has 0 bridgehead atoms. The molecule has 0 saturated heterocycles. The SMILES string of the molecule is CCOc1ccc(NC(=O)c2cncc(Br)c2)c([N+](=O)[O-])c1. The first kappa shape index (κ1) is 15.9. The van der Waals surface area contributed by atoms with E-state index in [1.807, 2.05) is 0 Å². The van der Waals surface area contributed by atoms with E-state index < -0.39 is 10.8 Å². The lowest BCUT2D eigenvalue weighted by Crippen LogP contribution is -2.13. The number of benzene rings is 1. The van der Waals surface area contributed by atoms with Crippen molar-refractivity contribution in [3.63, 3.8) is 0 Å². The fourth-order valence-corrected chi connectivity index (χ4v) is 2.12. The molecule has 0 saturated carbocycles. The van der Waals surface area contributed by atoms with Gasteiger partial charge in [0.1, 0.15) is 11.4 Å². The molecule has 8 heteroatoms. The average Bonchev–Trinajstić information content (AvgIpc) is 2.48. The summed E-state index contributed by atoms with van der Waals surface area (Å²) in [5, 5.41) is 13.6. The summed E-state index contributed by atoms with van der Waals surface area (Å²) in [6.45, 7) is 2.17. The van der Waals surface area contributed by atoms with Gasteiger partial charge in [-0.15, -0.1) is 0 Å². The number of hydrogen-bond donors (Lipinski definition) is 1. The van der Waals surface area contributed by atoms with Crippen molar-refractivity contribution < 1.29 is 14.5 Å². The first-order chi connectivity index (χ1) is 10.5. The van der Waals surface area contributed by atoms with Gasteiger partial charge < -0.3 is 10.1 Å². The number of rotatable bonds is 5. The number of nitrogens with zero attached hydrogens (tertiary/aromatic N) is 2. The zero-order chi connectivity index (χ0) is 16.1. The number of aromatic nitrogens is 1. The Bertz CT molecular complexity index is 721. The third-order valence-corrected chi connectivity index (χ3v) is 3.13. The molecule has 2 aromatic rings. The van der Waals surface area contributed by atoms with Crippen molar-refractivity contribution >= 4 is 33.2 Å². The molecule has 0 unspecified atom stereocenters. The summed E-state index contributed by atoms with van der Waals surface area (Å²) in [6.07, 6.45) is 2.91. The molecule has 0 atom stereocenters. The highest BCUT2D eigenvalue weighted by Gasteiger charge is 2.18. The predicted octanol–water partition coefficient (Wildman–Crippen LogP) is 3.40. The fraction of sp³-hybridized carbons (Fsp3) is 0.143. The van der Waals surface area contributed by atoms with Crippen molar-refractivity contribution in [1.29, 1.82) is 0 Å². The summed E-state index contributed by atoms with van der Waals surface area (Å²) in [5.74, 6) is -0.114. The van der Waals surface area contributed by atoms with Crippen LogP contribution >= 0.6 is 15.9 Å². The minimum Gasteiger partial charge on any atom is -0.494 e. The van der Waals surface area contributed by atoms with E-state index in [9.17, 15) is 14.9 Å². The monoisotopic (exact) mass is 365 g/mol. The van der Waals surface area contributed by atoms with Crippen molar-refractivity contribution in [3.8, 4) is 5.75 Å². The van der Waals surface area contributed by atoms with E-state index in [-0.39, 0.29) is 16.9 Å². The van der Waals surface area contributed by atoms with E-state index in [0.29, 0.717) is 16.8 Å². The minimum absolute atomic E-state index is 0.0958. The Morgan fingerprint density at radius 1 is 1.41 bits per heavy atom. The molecule has 0 fully saturated rings. The minimum atomic E-state index is -0.572. The van der Waals surface area contributed by atoms with Gasteiger partial charge in [-0.3, -0.25) is 19.9 Å². The number of carbonyl (C=O) groups excluding carboxylic acids is 1. The molecule has 0 aliphatic carbocycles. The summed E-state index contributed by atoms with van der Waals surface area (Å²) in [4.78, 5) is 26.6. The van der Waals surface area contributed by atoms with Gasteiger partial charge in [0.2, 0.25) is 0 Å². The van der Waals surface area contributed by atoms with Crippen LogP contribution in [0.2, 0.25) is 0 Å². The maximum atomic E-state index is 12.1. The molecule has 2 rings (SSSR count). The molecule has 0 radical (unpaired) electrons. The van der Waals surface area contributed by atoms with Crippen LogP contribution in [-0.4, -0.2) is 22.4 Å². The largest absolute Gasteiger partial charge is 0.494 e. The Morgan fingerprint density at radius 3 is 2.82 bits per heavy atom. The number of pyridine rings is 1. The van der Waals surface area contributed by atoms with Gasteiger partial charge in [-0.25, -0.2) is 0 Å². The maximum absolute atomic E-state index is 12.1. The van der Waals surface area contributed by atoms with Crippen LogP contribution in [0.5, 0.6) is 5.75 Å². The van der Waals surface area contributed by atoms with Crippen molar-refractivity contribution in [2.45, 2.75) is 6.92 Å². The van der Waals surface area contributed by atoms with Gasteiger partial charge in [-0.2, -0.15) is 0 Å². The number of nitrogens with one attached hydrogen (secondary N) is 1. The number of halogens is 1. The van der Waals surface area contributed by atoms with Crippen LogP contribution in [0.3, 0.4) is 0 Å². The summed E-state index contributed by atoms with van der Waals surface area (Å²) < 4.78 is 5.86. The van der Waals surface area contributed by atoms with E-state index >= 15 is 0 Å². The Morgan fingerprint density at radius 2 is 2.18 bits per heavy atom. The summed E-state index contributed by atoms with van der Waals surface area (Å²) in [6, 6.07) is 5.85. The number of nitro benzene ring substituents is 1. The summed E-state index contributed by atoms with van der Waals surface area (Å²) in [5.41, 5.74) is 0.151. The van der Waals surface area contributed by atoms with E-state index in [0.717, 1.165) is 0 Å². The van der Waals surface area contributed by atoms with Crippen LogP contribution in [-0.2, 0) is 0 Å². The molecule has 22 heavy (non-hydrogen) atoms. The lowest BCUT2D eigenvalue weighted by Gasteiger charge is -2.08. The third-order valence-electron chi connectivity index (χ3n) is 2.69. The molecule has 0 aliphatic rings. The molecular formula is C14H12BrN3O4. The van der Waals surface area contributed by atoms with Gasteiger partial charge in [-0.05, 0) is 41.1 Å². The number of anilines is 1. The topological polar surface area (TPSA) is 94.4 Å². The summed E-state index contributed by atoms with van der Waals surface area (Å²) in [7, 11) is 0. The normalized spacial score (nSPS) is 10.1. The second kappa shape index (κ2) is 6.99. The highest BCUT2D eigenvalue weighted by atomic mass is 79.9. The fourth-order valence-electron chi connectivity index (χ4n) is 1.76. The molecular weight excluding hydrogens is 354 g/mol. The van der Waals surface area contributed by atoms with Crippen LogP contribution < -0.4 is 10.1 Å². The molecule has 1 heterocycles. The number of nitro groups is 1. The summed E-state index contributed by atoms with van der Waals surface area (Å²) >= 11 is 3.21. The predicted molar refractivity (Wildman–Crippen MR) is 84.2 cm³/mol. The molecule has 1 amide bonds. The zero-order valence-electron chi connectivity index (χ0n) is 11.6. The number of hydrogen-bond acceptors (Lipinski definition) is 5. The Kier molecular flexibility index (Phi) is 5.05. The van der Waals surface area contributed by atoms with Gasteiger partial charge in [0, 0.05) is 16.9 Å². The van der Waals surface area contributed by atoms with Crippen molar-refractivity contribution in [2.24, 2.45) is 0 Å². The lowest BCUT2D eigenvalue weighted by atomic mass is 10.2. The standard InChI is InChI=1S/C14H12BrN3O4/c1-2-22-11-3-4-12(13(6-11)18(20)21)17-14(19)9-5-10(15)8-16-7-9/h3-8H,2H2,1H3,(H,17,19). The number of ether oxygens (including phenoxy) is 1. The molecule has 1 aromatic carbocycles. The van der Waals surface area contributed by atoms with Crippen LogP contribution in [0.15, 0.2) is 41.1 Å². The molecule has 0 aliphatic heterocycles. The molecule has 7 nitrogen and oxygen atoms in total. The van der Waals surface area contributed by atoms with E-state index in [2.05, 4.69) is 26.2 Å². The smallest absolute Gasteiger partial charge is 0.296 e. The Hall–Kier alpha value is -2.48. The first-order valence-electron chi connectivity index (χ1n) is 6.34. The maximum Gasteiger partial charge on any atom is 0.296 e. The quantitative estimate of drug-likeness (QED) is 0.647.